The highest BCUT2D eigenvalue weighted by atomic mass is 16.1. The van der Waals surface area contributed by atoms with Crippen LogP contribution in [0.15, 0.2) is 60.7 Å². The SMILES string of the molecule is CC.CNC(=O)CCCN(Cc1ccccc1)Cc1ccccc1. The molecule has 0 aromatic heterocycles. The minimum absolute atomic E-state index is 0.111. The van der Waals surface area contributed by atoms with Gasteiger partial charge in [-0.2, -0.15) is 0 Å². The number of amides is 1. The van der Waals surface area contributed by atoms with Crippen molar-refractivity contribution in [3.05, 3.63) is 71.8 Å². The molecule has 0 radical (unpaired) electrons. The maximum Gasteiger partial charge on any atom is 0.219 e. The van der Waals surface area contributed by atoms with Crippen LogP contribution < -0.4 is 5.32 Å². The zero-order valence-electron chi connectivity index (χ0n) is 15.2. The summed E-state index contributed by atoms with van der Waals surface area (Å²) in [5.74, 6) is 0.111. The smallest absolute Gasteiger partial charge is 0.219 e. The number of nitrogens with zero attached hydrogens (tertiary/aromatic N) is 1. The van der Waals surface area contributed by atoms with E-state index < -0.39 is 0 Å². The maximum absolute atomic E-state index is 11.4. The molecule has 0 fully saturated rings. The average Bonchev–Trinajstić information content (AvgIpc) is 2.65. The molecular formula is C21H30N2O. The Hall–Kier alpha value is -2.13. The molecule has 0 heterocycles. The minimum Gasteiger partial charge on any atom is -0.359 e. The molecule has 0 bridgehead atoms. The third-order valence-corrected chi connectivity index (χ3v) is 3.66. The molecule has 2 aromatic rings. The Morgan fingerprint density at radius 2 is 1.33 bits per heavy atom. The molecule has 3 nitrogen and oxygen atoms in total. The fourth-order valence-electron chi connectivity index (χ4n) is 2.49. The molecule has 0 saturated carbocycles. The van der Waals surface area contributed by atoms with Crippen molar-refractivity contribution in [1.29, 1.82) is 0 Å². The zero-order valence-corrected chi connectivity index (χ0v) is 15.2. The summed E-state index contributed by atoms with van der Waals surface area (Å²) in [4.78, 5) is 13.8. The molecule has 0 aliphatic heterocycles. The first-order valence-corrected chi connectivity index (χ1v) is 8.78. The van der Waals surface area contributed by atoms with Gasteiger partial charge in [0.25, 0.3) is 0 Å². The van der Waals surface area contributed by atoms with Crippen molar-refractivity contribution in [3.63, 3.8) is 0 Å². The molecule has 2 rings (SSSR count). The first kappa shape index (κ1) is 19.9. The summed E-state index contributed by atoms with van der Waals surface area (Å²) < 4.78 is 0. The Morgan fingerprint density at radius 1 is 0.875 bits per heavy atom. The molecule has 2 aromatic carbocycles. The van der Waals surface area contributed by atoms with Crippen LogP contribution in [0.3, 0.4) is 0 Å². The molecule has 0 aliphatic rings. The van der Waals surface area contributed by atoms with E-state index in [4.69, 9.17) is 0 Å². The fourth-order valence-corrected chi connectivity index (χ4v) is 2.49. The van der Waals surface area contributed by atoms with E-state index in [-0.39, 0.29) is 5.91 Å². The fraction of sp³-hybridized carbons (Fsp3) is 0.381. The number of carbonyl (C=O) groups excluding carboxylic acids is 1. The third-order valence-electron chi connectivity index (χ3n) is 3.66. The van der Waals surface area contributed by atoms with Gasteiger partial charge in [0.1, 0.15) is 0 Å². The highest BCUT2D eigenvalue weighted by molar-refractivity contribution is 5.75. The quantitative estimate of drug-likeness (QED) is 0.787. The van der Waals surface area contributed by atoms with Crippen molar-refractivity contribution in [2.75, 3.05) is 13.6 Å². The van der Waals surface area contributed by atoms with Crippen LogP contribution in [0.5, 0.6) is 0 Å². The molecule has 0 unspecified atom stereocenters. The van der Waals surface area contributed by atoms with Crippen LogP contribution in [0.2, 0.25) is 0 Å². The largest absolute Gasteiger partial charge is 0.359 e. The van der Waals surface area contributed by atoms with E-state index >= 15 is 0 Å². The Bertz CT molecular complexity index is 513. The molecule has 1 N–H and O–H groups in total. The van der Waals surface area contributed by atoms with Gasteiger partial charge in [0.15, 0.2) is 0 Å². The summed E-state index contributed by atoms with van der Waals surface area (Å²) in [5.41, 5.74) is 2.61. The summed E-state index contributed by atoms with van der Waals surface area (Å²) in [7, 11) is 1.69. The zero-order chi connectivity index (χ0) is 17.6. The van der Waals surface area contributed by atoms with E-state index in [9.17, 15) is 4.79 Å². The number of rotatable bonds is 8. The van der Waals surface area contributed by atoms with E-state index in [2.05, 4.69) is 58.7 Å². The van der Waals surface area contributed by atoms with Crippen molar-refractivity contribution in [2.45, 2.75) is 39.8 Å². The third kappa shape index (κ3) is 7.93. The number of benzene rings is 2. The highest BCUT2D eigenvalue weighted by Crippen LogP contribution is 2.11. The topological polar surface area (TPSA) is 32.3 Å². The summed E-state index contributed by atoms with van der Waals surface area (Å²) in [5, 5.41) is 2.68. The number of nitrogens with one attached hydrogen (secondary N) is 1. The van der Waals surface area contributed by atoms with Gasteiger partial charge in [0, 0.05) is 26.6 Å². The van der Waals surface area contributed by atoms with Gasteiger partial charge in [-0.15, -0.1) is 0 Å². The van der Waals surface area contributed by atoms with Crippen LogP contribution in [-0.4, -0.2) is 24.4 Å². The Labute approximate surface area is 146 Å². The second-order valence-electron chi connectivity index (χ2n) is 5.46. The first-order valence-electron chi connectivity index (χ1n) is 8.78. The summed E-state index contributed by atoms with van der Waals surface area (Å²) >= 11 is 0. The highest BCUT2D eigenvalue weighted by Gasteiger charge is 2.08. The van der Waals surface area contributed by atoms with E-state index in [1.54, 1.807) is 7.05 Å². The maximum atomic E-state index is 11.4. The molecule has 0 aliphatic carbocycles. The lowest BCUT2D eigenvalue weighted by molar-refractivity contribution is -0.120. The Kier molecular flexibility index (Phi) is 10.2. The minimum atomic E-state index is 0.111. The summed E-state index contributed by atoms with van der Waals surface area (Å²) in [6.07, 6.45) is 1.45. The second-order valence-corrected chi connectivity index (χ2v) is 5.46. The Morgan fingerprint density at radius 3 is 1.75 bits per heavy atom. The predicted molar refractivity (Wildman–Crippen MR) is 102 cm³/mol. The molecule has 130 valence electrons. The van der Waals surface area contributed by atoms with Gasteiger partial charge in [-0.05, 0) is 24.1 Å². The van der Waals surface area contributed by atoms with Gasteiger partial charge in [-0.3, -0.25) is 9.69 Å². The van der Waals surface area contributed by atoms with E-state index in [0.29, 0.717) is 6.42 Å². The van der Waals surface area contributed by atoms with Crippen LogP contribution in [0, 0.1) is 0 Å². The lowest BCUT2D eigenvalue weighted by Gasteiger charge is -2.22. The van der Waals surface area contributed by atoms with Crippen molar-refractivity contribution in [1.82, 2.24) is 10.2 Å². The van der Waals surface area contributed by atoms with Crippen LogP contribution in [0.4, 0.5) is 0 Å². The first-order chi connectivity index (χ1) is 11.8. The number of carbonyl (C=O) groups is 1. The van der Waals surface area contributed by atoms with Gasteiger partial charge in [-0.1, -0.05) is 74.5 Å². The Balaban J connectivity index is 0.00000139. The van der Waals surface area contributed by atoms with Crippen LogP contribution in [0.1, 0.15) is 37.8 Å². The molecular weight excluding hydrogens is 296 g/mol. The van der Waals surface area contributed by atoms with Gasteiger partial charge >= 0.3 is 0 Å². The summed E-state index contributed by atoms with van der Waals surface area (Å²) in [6, 6.07) is 21.0. The predicted octanol–water partition coefficient (Wildman–Crippen LogP) is 4.24. The van der Waals surface area contributed by atoms with E-state index in [0.717, 1.165) is 26.1 Å². The number of hydrogen-bond acceptors (Lipinski definition) is 2. The molecule has 0 saturated heterocycles. The van der Waals surface area contributed by atoms with Crippen molar-refractivity contribution >= 4 is 5.91 Å². The monoisotopic (exact) mass is 326 g/mol. The normalized spacial score (nSPS) is 10.0. The van der Waals surface area contributed by atoms with Crippen molar-refractivity contribution < 1.29 is 4.79 Å². The second kappa shape index (κ2) is 12.3. The van der Waals surface area contributed by atoms with E-state index in [1.807, 2.05) is 26.0 Å². The van der Waals surface area contributed by atoms with Gasteiger partial charge in [0.2, 0.25) is 5.91 Å². The summed E-state index contributed by atoms with van der Waals surface area (Å²) in [6.45, 7) is 6.73. The molecule has 0 spiro atoms. The van der Waals surface area contributed by atoms with Gasteiger partial charge in [0.05, 0.1) is 0 Å². The standard InChI is InChI=1S/C19H24N2O.C2H6/c1-20-19(22)13-8-14-21(15-17-9-4-2-5-10-17)16-18-11-6-3-7-12-18;1-2/h2-7,9-12H,8,13-16H2,1H3,(H,20,22);1-2H3. The lowest BCUT2D eigenvalue weighted by Crippen LogP contribution is -2.26. The molecule has 1 amide bonds. The molecule has 0 atom stereocenters. The van der Waals surface area contributed by atoms with Crippen molar-refractivity contribution in [3.8, 4) is 0 Å². The molecule has 24 heavy (non-hydrogen) atoms. The van der Waals surface area contributed by atoms with Crippen LogP contribution in [-0.2, 0) is 17.9 Å². The van der Waals surface area contributed by atoms with Crippen molar-refractivity contribution in [2.24, 2.45) is 0 Å². The lowest BCUT2D eigenvalue weighted by atomic mass is 10.1. The van der Waals surface area contributed by atoms with E-state index in [1.165, 1.54) is 11.1 Å². The van der Waals surface area contributed by atoms with Gasteiger partial charge < -0.3 is 5.32 Å². The number of hydrogen-bond donors (Lipinski definition) is 1. The van der Waals surface area contributed by atoms with Gasteiger partial charge in [-0.25, -0.2) is 0 Å². The van der Waals surface area contributed by atoms with Crippen LogP contribution in [0.25, 0.3) is 0 Å². The molecule has 3 heteroatoms. The van der Waals surface area contributed by atoms with Crippen LogP contribution >= 0.6 is 0 Å². The average molecular weight is 326 g/mol.